The van der Waals surface area contributed by atoms with Gasteiger partial charge in [0.05, 0.1) is 12.7 Å². The normalized spacial score (nSPS) is 22.9. The summed E-state index contributed by atoms with van der Waals surface area (Å²) in [5, 5.41) is 3.41. The van der Waals surface area contributed by atoms with Gasteiger partial charge in [-0.15, -0.1) is 0 Å². The van der Waals surface area contributed by atoms with Crippen molar-refractivity contribution in [2.24, 2.45) is 5.92 Å². The van der Waals surface area contributed by atoms with Crippen LogP contribution < -0.4 is 5.32 Å². The minimum Gasteiger partial charge on any atom is -0.465 e. The van der Waals surface area contributed by atoms with Crippen LogP contribution in [0, 0.1) is 11.7 Å². The predicted octanol–water partition coefficient (Wildman–Crippen LogP) is 3.99. The van der Waals surface area contributed by atoms with E-state index in [1.807, 2.05) is 0 Å². The largest absolute Gasteiger partial charge is 0.465 e. The third kappa shape index (κ3) is 3.71. The molecule has 1 fully saturated rings. The molecule has 110 valence electrons. The van der Waals surface area contributed by atoms with Crippen LogP contribution in [0.4, 0.5) is 10.1 Å². The van der Waals surface area contributed by atoms with Gasteiger partial charge in [0.25, 0.3) is 0 Å². The number of benzene rings is 1. The van der Waals surface area contributed by atoms with Crippen LogP contribution in [0.3, 0.4) is 0 Å². The Labute approximate surface area is 119 Å². The highest BCUT2D eigenvalue weighted by molar-refractivity contribution is 5.90. The summed E-state index contributed by atoms with van der Waals surface area (Å²) in [5.41, 5.74) is 0.769. The molecule has 0 saturated heterocycles. The van der Waals surface area contributed by atoms with Crippen molar-refractivity contribution in [2.45, 2.75) is 45.1 Å². The van der Waals surface area contributed by atoms with E-state index in [2.05, 4.69) is 17.0 Å². The van der Waals surface area contributed by atoms with Crippen LogP contribution in [-0.4, -0.2) is 19.1 Å². The number of rotatable bonds is 3. The molecule has 1 aromatic rings. The Morgan fingerprint density at radius 3 is 2.85 bits per heavy atom. The molecule has 0 bridgehead atoms. The number of ether oxygens (including phenoxy) is 1. The molecule has 20 heavy (non-hydrogen) atoms. The number of carbonyl (C=O) groups excluding carboxylic acids is 1. The van der Waals surface area contributed by atoms with Gasteiger partial charge in [-0.3, -0.25) is 0 Å². The molecule has 1 aromatic carbocycles. The lowest BCUT2D eigenvalue weighted by molar-refractivity contribution is 0.0595. The fourth-order valence-corrected chi connectivity index (χ4v) is 2.75. The monoisotopic (exact) mass is 279 g/mol. The molecule has 2 unspecified atom stereocenters. The van der Waals surface area contributed by atoms with Gasteiger partial charge in [-0.1, -0.05) is 19.8 Å². The van der Waals surface area contributed by atoms with Gasteiger partial charge in [-0.2, -0.15) is 0 Å². The lowest BCUT2D eigenvalue weighted by atomic mass is 10.0. The maximum atomic E-state index is 13.6. The van der Waals surface area contributed by atoms with Gasteiger partial charge < -0.3 is 10.1 Å². The van der Waals surface area contributed by atoms with E-state index in [-0.39, 0.29) is 5.56 Å². The minimum atomic E-state index is -0.638. The number of methoxy groups -OCH3 is 1. The molecule has 0 spiro atoms. The molecule has 1 saturated carbocycles. The van der Waals surface area contributed by atoms with Crippen molar-refractivity contribution in [3.05, 3.63) is 29.6 Å². The summed E-state index contributed by atoms with van der Waals surface area (Å²) in [6, 6.07) is 4.93. The average Bonchev–Trinajstić information content (AvgIpc) is 2.65. The molecule has 2 rings (SSSR count). The molecule has 0 radical (unpaired) electrons. The number of nitrogens with one attached hydrogen (secondary N) is 1. The second kappa shape index (κ2) is 6.73. The standard InChI is InChI=1S/C16H22FNO2/c1-11-4-3-5-12(7-6-11)18-13-8-9-15(17)14(10-13)16(19)20-2/h8-12,18H,3-7H2,1-2H3. The molecular formula is C16H22FNO2. The fraction of sp³-hybridized carbons (Fsp3) is 0.562. The van der Waals surface area contributed by atoms with Crippen molar-refractivity contribution in [2.75, 3.05) is 12.4 Å². The Morgan fingerprint density at radius 1 is 1.30 bits per heavy atom. The summed E-state index contributed by atoms with van der Waals surface area (Å²) < 4.78 is 18.2. The first-order chi connectivity index (χ1) is 9.60. The highest BCUT2D eigenvalue weighted by Crippen LogP contribution is 2.25. The minimum absolute atomic E-state index is 0.0144. The Bertz CT molecular complexity index is 476. The lowest BCUT2D eigenvalue weighted by Crippen LogP contribution is -2.19. The molecule has 0 aliphatic heterocycles. The van der Waals surface area contributed by atoms with E-state index in [9.17, 15) is 9.18 Å². The van der Waals surface area contributed by atoms with Crippen molar-refractivity contribution in [1.29, 1.82) is 0 Å². The van der Waals surface area contributed by atoms with Crippen LogP contribution in [0.5, 0.6) is 0 Å². The summed E-state index contributed by atoms with van der Waals surface area (Å²) in [4.78, 5) is 11.5. The van der Waals surface area contributed by atoms with E-state index < -0.39 is 11.8 Å². The lowest BCUT2D eigenvalue weighted by Gasteiger charge is -2.18. The molecule has 0 heterocycles. The Hall–Kier alpha value is -1.58. The van der Waals surface area contributed by atoms with E-state index in [4.69, 9.17) is 0 Å². The zero-order chi connectivity index (χ0) is 14.5. The maximum absolute atomic E-state index is 13.6. The molecule has 1 N–H and O–H groups in total. The molecule has 0 amide bonds. The first kappa shape index (κ1) is 14.8. The van der Waals surface area contributed by atoms with E-state index in [1.165, 1.54) is 38.5 Å². The zero-order valence-electron chi connectivity index (χ0n) is 12.1. The molecule has 1 aliphatic carbocycles. The van der Waals surface area contributed by atoms with Crippen molar-refractivity contribution < 1.29 is 13.9 Å². The van der Waals surface area contributed by atoms with Gasteiger partial charge in [0, 0.05) is 11.7 Å². The number of anilines is 1. The van der Waals surface area contributed by atoms with Crippen LogP contribution in [0.1, 0.15) is 49.4 Å². The fourth-order valence-electron chi connectivity index (χ4n) is 2.75. The van der Waals surface area contributed by atoms with E-state index in [1.54, 1.807) is 6.07 Å². The Balaban J connectivity index is 2.07. The van der Waals surface area contributed by atoms with Crippen LogP contribution >= 0.6 is 0 Å². The van der Waals surface area contributed by atoms with Gasteiger partial charge >= 0.3 is 5.97 Å². The number of carbonyl (C=O) groups is 1. The molecule has 3 nitrogen and oxygen atoms in total. The van der Waals surface area contributed by atoms with Crippen LogP contribution in [0.2, 0.25) is 0 Å². The molecule has 1 aliphatic rings. The highest BCUT2D eigenvalue weighted by Gasteiger charge is 2.17. The van der Waals surface area contributed by atoms with Crippen LogP contribution in [-0.2, 0) is 4.74 Å². The first-order valence-electron chi connectivity index (χ1n) is 7.24. The summed E-state index contributed by atoms with van der Waals surface area (Å²) >= 11 is 0. The third-order valence-corrected chi connectivity index (χ3v) is 4.00. The summed E-state index contributed by atoms with van der Waals surface area (Å²) in [5.74, 6) is -0.404. The average molecular weight is 279 g/mol. The smallest absolute Gasteiger partial charge is 0.340 e. The molecule has 0 aromatic heterocycles. The van der Waals surface area contributed by atoms with E-state index in [0.29, 0.717) is 6.04 Å². The SMILES string of the molecule is COC(=O)c1cc(NC2CCCC(C)CC2)ccc1F. The Kier molecular flexibility index (Phi) is 4.99. The maximum Gasteiger partial charge on any atom is 0.340 e. The van der Waals surface area contributed by atoms with E-state index in [0.717, 1.165) is 24.4 Å². The second-order valence-electron chi connectivity index (χ2n) is 5.64. The van der Waals surface area contributed by atoms with E-state index >= 15 is 0 Å². The first-order valence-corrected chi connectivity index (χ1v) is 7.24. The topological polar surface area (TPSA) is 38.3 Å². The van der Waals surface area contributed by atoms with Gasteiger partial charge in [-0.05, 0) is 43.4 Å². The number of halogens is 1. The number of hydrogen-bond acceptors (Lipinski definition) is 3. The second-order valence-corrected chi connectivity index (χ2v) is 5.64. The molecule has 4 heteroatoms. The Morgan fingerprint density at radius 2 is 2.10 bits per heavy atom. The van der Waals surface area contributed by atoms with Gasteiger partial charge in [-0.25, -0.2) is 9.18 Å². The van der Waals surface area contributed by atoms with Crippen LogP contribution in [0.25, 0.3) is 0 Å². The van der Waals surface area contributed by atoms with Gasteiger partial charge in [0.2, 0.25) is 0 Å². The van der Waals surface area contributed by atoms with Crippen molar-refractivity contribution >= 4 is 11.7 Å². The van der Waals surface area contributed by atoms with Crippen molar-refractivity contribution in [3.8, 4) is 0 Å². The number of esters is 1. The number of hydrogen-bond donors (Lipinski definition) is 1. The zero-order valence-corrected chi connectivity index (χ0v) is 12.1. The van der Waals surface area contributed by atoms with Gasteiger partial charge in [0.1, 0.15) is 5.82 Å². The summed E-state index contributed by atoms with van der Waals surface area (Å²) in [6.07, 6.45) is 5.93. The molecular weight excluding hydrogens is 257 g/mol. The summed E-state index contributed by atoms with van der Waals surface area (Å²) in [6.45, 7) is 2.29. The molecule has 2 atom stereocenters. The quantitative estimate of drug-likeness (QED) is 0.671. The third-order valence-electron chi connectivity index (χ3n) is 4.00. The predicted molar refractivity (Wildman–Crippen MR) is 77.4 cm³/mol. The van der Waals surface area contributed by atoms with Crippen molar-refractivity contribution in [3.63, 3.8) is 0 Å². The van der Waals surface area contributed by atoms with Crippen LogP contribution in [0.15, 0.2) is 18.2 Å². The van der Waals surface area contributed by atoms with Crippen molar-refractivity contribution in [1.82, 2.24) is 0 Å². The highest BCUT2D eigenvalue weighted by atomic mass is 19.1. The summed E-state index contributed by atoms with van der Waals surface area (Å²) in [7, 11) is 1.26. The van der Waals surface area contributed by atoms with Gasteiger partial charge in [0.15, 0.2) is 0 Å².